The molecule has 4 heterocycles. The lowest BCUT2D eigenvalue weighted by atomic mass is 10.1. The third-order valence-corrected chi connectivity index (χ3v) is 7.68. The van der Waals surface area contributed by atoms with Crippen LogP contribution >= 0.6 is 11.3 Å². The van der Waals surface area contributed by atoms with E-state index in [1.807, 2.05) is 20.8 Å². The summed E-state index contributed by atoms with van der Waals surface area (Å²) in [5, 5.41) is 15.3. The topological polar surface area (TPSA) is 163 Å². The number of nitrogens with one attached hydrogen (secondary N) is 2. The van der Waals surface area contributed by atoms with Crippen molar-refractivity contribution in [1.82, 2.24) is 35.1 Å². The average Bonchev–Trinajstić information content (AvgIpc) is 3.48. The van der Waals surface area contributed by atoms with Gasteiger partial charge in [0.15, 0.2) is 0 Å². The van der Waals surface area contributed by atoms with E-state index < -0.39 is 40.7 Å². The lowest BCUT2D eigenvalue weighted by Gasteiger charge is -2.34. The minimum Gasteiger partial charge on any atom is -0.506 e. The Hall–Kier alpha value is -4.75. The van der Waals surface area contributed by atoms with Crippen molar-refractivity contribution in [3.63, 3.8) is 0 Å². The van der Waals surface area contributed by atoms with Gasteiger partial charge in [-0.2, -0.15) is 0 Å². The average molecular weight is 657 g/mol. The minimum absolute atomic E-state index is 0.0913. The van der Waals surface area contributed by atoms with Gasteiger partial charge in [-0.15, -0.1) is 11.3 Å². The number of piperazine rings is 1. The number of halogens is 2. The summed E-state index contributed by atoms with van der Waals surface area (Å²) in [5.41, 5.74) is -0.767. The Labute approximate surface area is 268 Å². The third-order valence-electron chi connectivity index (χ3n) is 6.51. The van der Waals surface area contributed by atoms with Gasteiger partial charge in [0.25, 0.3) is 17.7 Å². The molecule has 16 heteroatoms. The number of aromatic hydroxyl groups is 1. The SMILES string of the molecule is CC(NC(=O)c1cc(C#CCN2CCN(C(=O)OC(C)(C)C)CC2)ncn1)c1ncc(C(=O)Nc2cc(C(C)(F)F)c(O)cn2)s1. The zero-order valence-corrected chi connectivity index (χ0v) is 26.7. The van der Waals surface area contributed by atoms with Crippen molar-refractivity contribution in [2.75, 3.05) is 38.0 Å². The van der Waals surface area contributed by atoms with Crippen molar-refractivity contribution < 1.29 is 33.0 Å². The molecule has 244 valence electrons. The second-order valence-electron chi connectivity index (χ2n) is 11.5. The van der Waals surface area contributed by atoms with Gasteiger partial charge in [0.1, 0.15) is 44.8 Å². The highest BCUT2D eigenvalue weighted by Gasteiger charge is 2.29. The second-order valence-corrected chi connectivity index (χ2v) is 12.6. The minimum atomic E-state index is -3.34. The highest BCUT2D eigenvalue weighted by molar-refractivity contribution is 7.13. The summed E-state index contributed by atoms with van der Waals surface area (Å²) in [5.74, 6) is 0.655. The smallest absolute Gasteiger partial charge is 0.410 e. The van der Waals surface area contributed by atoms with Crippen LogP contribution in [0.2, 0.25) is 0 Å². The summed E-state index contributed by atoms with van der Waals surface area (Å²) in [6.45, 7) is 10.6. The van der Waals surface area contributed by atoms with E-state index in [0.29, 0.717) is 50.3 Å². The van der Waals surface area contributed by atoms with Crippen LogP contribution in [-0.4, -0.2) is 91.1 Å². The Morgan fingerprint density at radius 3 is 2.43 bits per heavy atom. The number of thiazole rings is 1. The Morgan fingerprint density at radius 1 is 1.04 bits per heavy atom. The van der Waals surface area contributed by atoms with Crippen molar-refractivity contribution >= 4 is 35.1 Å². The molecule has 0 radical (unpaired) electrons. The predicted molar refractivity (Wildman–Crippen MR) is 165 cm³/mol. The van der Waals surface area contributed by atoms with Gasteiger partial charge in [0.2, 0.25) is 0 Å². The van der Waals surface area contributed by atoms with Crippen LogP contribution in [0.25, 0.3) is 0 Å². The number of carbonyl (C=O) groups excluding carboxylic acids is 3. The van der Waals surface area contributed by atoms with Crippen LogP contribution in [0.5, 0.6) is 5.75 Å². The molecule has 4 rings (SSSR count). The van der Waals surface area contributed by atoms with Crippen LogP contribution < -0.4 is 10.6 Å². The van der Waals surface area contributed by atoms with Gasteiger partial charge in [0.05, 0.1) is 30.5 Å². The molecule has 13 nitrogen and oxygen atoms in total. The van der Waals surface area contributed by atoms with Crippen LogP contribution in [-0.2, 0) is 10.7 Å². The zero-order chi connectivity index (χ0) is 33.6. The summed E-state index contributed by atoms with van der Waals surface area (Å²) < 4.78 is 32.9. The Morgan fingerprint density at radius 2 is 1.76 bits per heavy atom. The lowest BCUT2D eigenvalue weighted by molar-refractivity contribution is 0.0144. The van der Waals surface area contributed by atoms with E-state index in [1.165, 1.54) is 18.6 Å². The summed E-state index contributed by atoms with van der Waals surface area (Å²) >= 11 is 0.998. The lowest BCUT2D eigenvalue weighted by Crippen LogP contribution is -2.50. The number of hydrogen-bond acceptors (Lipinski definition) is 11. The molecule has 0 bridgehead atoms. The molecule has 3 amide bonds. The molecule has 3 aromatic heterocycles. The summed E-state index contributed by atoms with van der Waals surface area (Å²) in [6, 6.07) is 1.77. The third kappa shape index (κ3) is 9.38. The number of rotatable bonds is 7. The number of nitrogens with zero attached hydrogens (tertiary/aromatic N) is 6. The van der Waals surface area contributed by atoms with Crippen molar-refractivity contribution in [2.24, 2.45) is 0 Å². The van der Waals surface area contributed by atoms with Crippen LogP contribution in [0.15, 0.2) is 30.9 Å². The second kappa shape index (κ2) is 14.1. The monoisotopic (exact) mass is 656 g/mol. The molecule has 1 fully saturated rings. The summed E-state index contributed by atoms with van der Waals surface area (Å²) in [7, 11) is 0. The fraction of sp³-hybridized carbons (Fsp3) is 0.433. The van der Waals surface area contributed by atoms with Crippen molar-refractivity contribution in [1.29, 1.82) is 0 Å². The molecule has 0 aliphatic carbocycles. The van der Waals surface area contributed by atoms with Gasteiger partial charge in [-0.05, 0) is 39.7 Å². The van der Waals surface area contributed by atoms with Gasteiger partial charge in [0, 0.05) is 39.2 Å². The first kappa shape index (κ1) is 34.1. The molecule has 1 saturated heterocycles. The fourth-order valence-electron chi connectivity index (χ4n) is 4.18. The number of pyridine rings is 1. The zero-order valence-electron chi connectivity index (χ0n) is 25.9. The summed E-state index contributed by atoms with van der Waals surface area (Å²) in [4.78, 5) is 57.9. The molecule has 1 atom stereocenters. The fourth-order valence-corrected chi connectivity index (χ4v) is 4.99. The maximum Gasteiger partial charge on any atom is 0.410 e. The van der Waals surface area contributed by atoms with Gasteiger partial charge in [-0.3, -0.25) is 14.5 Å². The van der Waals surface area contributed by atoms with Gasteiger partial charge in [-0.25, -0.2) is 33.5 Å². The number of aromatic nitrogens is 4. The molecular weight excluding hydrogens is 622 g/mol. The van der Waals surface area contributed by atoms with Crippen LogP contribution in [0.4, 0.5) is 19.4 Å². The molecule has 1 aliphatic rings. The van der Waals surface area contributed by atoms with E-state index in [9.17, 15) is 28.3 Å². The normalized spacial score (nSPS) is 14.5. The number of amides is 3. The molecule has 0 spiro atoms. The van der Waals surface area contributed by atoms with Crippen LogP contribution in [0, 0.1) is 11.8 Å². The molecule has 0 aromatic carbocycles. The van der Waals surface area contributed by atoms with Crippen molar-refractivity contribution in [2.45, 2.75) is 52.2 Å². The highest BCUT2D eigenvalue weighted by Crippen LogP contribution is 2.34. The first-order chi connectivity index (χ1) is 21.6. The number of hydrogen-bond donors (Lipinski definition) is 3. The van der Waals surface area contributed by atoms with E-state index >= 15 is 0 Å². The van der Waals surface area contributed by atoms with Gasteiger partial charge >= 0.3 is 6.09 Å². The van der Waals surface area contributed by atoms with E-state index in [2.05, 4.69) is 47.3 Å². The quantitative estimate of drug-likeness (QED) is 0.319. The molecule has 3 N–H and O–H groups in total. The molecule has 0 saturated carbocycles. The van der Waals surface area contributed by atoms with Crippen molar-refractivity contribution in [3.8, 4) is 17.6 Å². The Bertz CT molecular complexity index is 1650. The first-order valence-corrected chi connectivity index (χ1v) is 15.1. The summed E-state index contributed by atoms with van der Waals surface area (Å²) in [6.07, 6.45) is 3.04. The van der Waals surface area contributed by atoms with Gasteiger partial charge < -0.3 is 25.4 Å². The number of anilines is 1. The number of ether oxygens (including phenoxy) is 1. The number of alkyl halides is 2. The Kier molecular flexibility index (Phi) is 10.5. The molecule has 1 aliphatic heterocycles. The van der Waals surface area contributed by atoms with E-state index in [1.54, 1.807) is 11.8 Å². The van der Waals surface area contributed by atoms with Crippen LogP contribution in [0.3, 0.4) is 0 Å². The molecule has 1 unspecified atom stereocenters. The van der Waals surface area contributed by atoms with Crippen molar-refractivity contribution in [3.05, 3.63) is 57.7 Å². The maximum absolute atomic E-state index is 13.7. The Balaban J connectivity index is 1.29. The van der Waals surface area contributed by atoms with Gasteiger partial charge in [-0.1, -0.05) is 5.92 Å². The predicted octanol–water partition coefficient (Wildman–Crippen LogP) is 3.79. The standard InChI is InChI=1S/C30H34F2N8O5S/c1-18(27-34-16-23(46-27)26(43)38-24-14-20(30(5,31)32)22(41)15-33-24)37-25(42)21-13-19(35-17-36-21)7-6-8-39-9-11-40(12-10-39)28(44)45-29(2,3)4/h13-18,41H,8-12H2,1-5H3,(H,37,42)(H,33,38,43). The van der Waals surface area contributed by atoms with E-state index in [-0.39, 0.29) is 22.5 Å². The van der Waals surface area contributed by atoms with Crippen LogP contribution in [0.1, 0.15) is 77.1 Å². The van der Waals surface area contributed by atoms with E-state index in [4.69, 9.17) is 4.74 Å². The van der Waals surface area contributed by atoms with E-state index in [0.717, 1.165) is 23.6 Å². The molecule has 3 aromatic rings. The molecular formula is C30H34F2N8O5S. The largest absolute Gasteiger partial charge is 0.506 e. The maximum atomic E-state index is 13.7. The number of carbonyl (C=O) groups is 3. The first-order valence-electron chi connectivity index (χ1n) is 14.3. The molecule has 46 heavy (non-hydrogen) atoms. The highest BCUT2D eigenvalue weighted by atomic mass is 32.1.